The number of hydrogen-bond donors (Lipinski definition) is 1. The highest BCUT2D eigenvalue weighted by atomic mass is 31.2. The summed E-state index contributed by atoms with van der Waals surface area (Å²) in [5.74, 6) is -0.195. The first-order valence-electron chi connectivity index (χ1n) is 9.28. The van der Waals surface area contributed by atoms with Crippen LogP contribution in [-0.4, -0.2) is 19.1 Å². The molecule has 5 nitrogen and oxygen atoms in total. The van der Waals surface area contributed by atoms with Crippen LogP contribution in [0.3, 0.4) is 0 Å². The maximum atomic E-state index is 13.4. The van der Waals surface area contributed by atoms with Crippen LogP contribution in [-0.2, 0) is 18.4 Å². The van der Waals surface area contributed by atoms with Gasteiger partial charge in [-0.05, 0) is 31.9 Å². The number of carbonyl (C=O) groups is 1. The molecule has 6 heteroatoms. The molecule has 0 fully saturated rings. The highest BCUT2D eigenvalue weighted by Crippen LogP contribution is 2.62. The molecule has 2 aromatic carbocycles. The quantitative estimate of drug-likeness (QED) is 0.563. The van der Waals surface area contributed by atoms with E-state index >= 15 is 0 Å². The smallest absolute Gasteiger partial charge is 0.338 e. The zero-order valence-electron chi connectivity index (χ0n) is 16.1. The van der Waals surface area contributed by atoms with E-state index in [1.807, 2.05) is 67.6 Å². The minimum absolute atomic E-state index is 0.0263. The molecule has 1 N–H and O–H groups in total. The summed E-state index contributed by atoms with van der Waals surface area (Å²) in [6.07, 6.45) is 0.0263. The van der Waals surface area contributed by atoms with Crippen LogP contribution >= 0.6 is 7.60 Å². The van der Waals surface area contributed by atoms with Crippen LogP contribution in [0.1, 0.15) is 50.0 Å². The summed E-state index contributed by atoms with van der Waals surface area (Å²) in [4.78, 5) is 12.7. The molecule has 0 spiro atoms. The number of nitrogens with one attached hydrogen (secondary N) is 1. The van der Waals surface area contributed by atoms with Gasteiger partial charge in [0.15, 0.2) is 0 Å². The van der Waals surface area contributed by atoms with Crippen molar-refractivity contribution in [3.05, 3.63) is 71.8 Å². The molecule has 27 heavy (non-hydrogen) atoms. The molecule has 1 amide bonds. The minimum Gasteiger partial charge on any atom is -0.350 e. The van der Waals surface area contributed by atoms with E-state index < -0.39 is 13.3 Å². The van der Waals surface area contributed by atoms with E-state index in [2.05, 4.69) is 5.32 Å². The van der Waals surface area contributed by atoms with Crippen LogP contribution in [0.5, 0.6) is 0 Å². The predicted molar refractivity (Wildman–Crippen MR) is 108 cm³/mol. The SMILES string of the molecule is CCOP(=O)(OCC)C(CC(=O)N[C@H](C)c1ccccc1)c1ccccc1. The van der Waals surface area contributed by atoms with Crippen LogP contribution in [0.15, 0.2) is 60.7 Å². The van der Waals surface area contributed by atoms with E-state index in [1.54, 1.807) is 13.8 Å². The summed E-state index contributed by atoms with van der Waals surface area (Å²) >= 11 is 0. The molecule has 0 radical (unpaired) electrons. The monoisotopic (exact) mass is 389 g/mol. The number of rotatable bonds is 10. The molecular formula is C21H28NO4P. The fourth-order valence-corrected chi connectivity index (χ4v) is 5.05. The van der Waals surface area contributed by atoms with Gasteiger partial charge in [0.25, 0.3) is 0 Å². The summed E-state index contributed by atoms with van der Waals surface area (Å²) in [5, 5.41) is 2.98. The lowest BCUT2D eigenvalue weighted by atomic mass is 10.1. The molecule has 0 saturated heterocycles. The Kier molecular flexibility index (Phi) is 8.23. The van der Waals surface area contributed by atoms with Gasteiger partial charge in [-0.2, -0.15) is 0 Å². The van der Waals surface area contributed by atoms with E-state index in [1.165, 1.54) is 0 Å². The van der Waals surface area contributed by atoms with Gasteiger partial charge in [0.2, 0.25) is 5.91 Å². The molecule has 2 atom stereocenters. The summed E-state index contributed by atoms with van der Waals surface area (Å²) in [5.41, 5.74) is 1.13. The third kappa shape index (κ3) is 6.03. The summed E-state index contributed by atoms with van der Waals surface area (Å²) in [7, 11) is -3.48. The van der Waals surface area contributed by atoms with Crippen LogP contribution in [0, 0.1) is 0 Å². The molecule has 0 aliphatic carbocycles. The van der Waals surface area contributed by atoms with Crippen molar-refractivity contribution in [1.82, 2.24) is 5.32 Å². The van der Waals surface area contributed by atoms with Crippen molar-refractivity contribution in [3.8, 4) is 0 Å². The first kappa shape index (κ1) is 21.4. The highest BCUT2D eigenvalue weighted by Gasteiger charge is 2.38. The summed E-state index contributed by atoms with van der Waals surface area (Å²) in [6.45, 7) is 5.97. The van der Waals surface area contributed by atoms with Gasteiger partial charge >= 0.3 is 7.60 Å². The maximum absolute atomic E-state index is 13.4. The van der Waals surface area contributed by atoms with E-state index in [0.717, 1.165) is 11.1 Å². The van der Waals surface area contributed by atoms with Gasteiger partial charge in [-0.25, -0.2) is 0 Å². The molecule has 0 saturated carbocycles. The third-order valence-corrected chi connectivity index (χ3v) is 6.72. The van der Waals surface area contributed by atoms with Crippen LogP contribution in [0.2, 0.25) is 0 Å². The largest absolute Gasteiger partial charge is 0.350 e. The molecule has 146 valence electrons. The van der Waals surface area contributed by atoms with Crippen LogP contribution in [0.25, 0.3) is 0 Å². The lowest BCUT2D eigenvalue weighted by Gasteiger charge is -2.27. The fraction of sp³-hybridized carbons (Fsp3) is 0.381. The molecule has 0 bridgehead atoms. The van der Waals surface area contributed by atoms with Gasteiger partial charge in [-0.3, -0.25) is 9.36 Å². The van der Waals surface area contributed by atoms with Gasteiger partial charge in [-0.1, -0.05) is 60.7 Å². The molecule has 2 rings (SSSR count). The molecule has 1 unspecified atom stereocenters. The molecule has 0 aliphatic heterocycles. The first-order chi connectivity index (χ1) is 13.0. The molecular weight excluding hydrogens is 361 g/mol. The fourth-order valence-electron chi connectivity index (χ4n) is 2.97. The standard InChI is InChI=1S/C21H28NO4P/c1-4-25-27(24,26-5-2)20(19-14-10-7-11-15-19)16-21(23)22-17(3)18-12-8-6-9-13-18/h6-15,17,20H,4-5,16H2,1-3H3,(H,22,23)/t17-,20?/m1/s1. The molecule has 0 heterocycles. The number of amides is 1. The zero-order chi connectivity index (χ0) is 19.7. The molecule has 0 aliphatic rings. The average Bonchev–Trinajstić information content (AvgIpc) is 2.68. The predicted octanol–water partition coefficient (Wildman–Crippen LogP) is 5.26. The second-order valence-electron chi connectivity index (χ2n) is 6.21. The van der Waals surface area contributed by atoms with Crippen molar-refractivity contribution < 1.29 is 18.4 Å². The Balaban J connectivity index is 2.21. The Hall–Kier alpha value is -1.94. The van der Waals surface area contributed by atoms with Crippen molar-refractivity contribution in [3.63, 3.8) is 0 Å². The number of carbonyl (C=O) groups excluding carboxylic acids is 1. The topological polar surface area (TPSA) is 64.6 Å². The van der Waals surface area contributed by atoms with E-state index in [9.17, 15) is 9.36 Å². The summed E-state index contributed by atoms with van der Waals surface area (Å²) in [6, 6.07) is 18.9. The Labute approximate surface area is 161 Å². The lowest BCUT2D eigenvalue weighted by molar-refractivity contribution is -0.121. The summed E-state index contributed by atoms with van der Waals surface area (Å²) < 4.78 is 24.4. The molecule has 2 aromatic rings. The second kappa shape index (κ2) is 10.4. The average molecular weight is 389 g/mol. The molecule has 0 aromatic heterocycles. The Morgan fingerprint density at radius 3 is 1.89 bits per heavy atom. The van der Waals surface area contributed by atoms with Gasteiger partial charge < -0.3 is 14.4 Å². The van der Waals surface area contributed by atoms with Crippen LogP contribution in [0.4, 0.5) is 0 Å². The first-order valence-corrected chi connectivity index (χ1v) is 10.9. The normalized spacial score (nSPS) is 13.7. The van der Waals surface area contributed by atoms with Gasteiger partial charge in [0.1, 0.15) is 0 Å². The minimum atomic E-state index is -3.48. The Morgan fingerprint density at radius 2 is 1.41 bits per heavy atom. The zero-order valence-corrected chi connectivity index (χ0v) is 17.0. The lowest BCUT2D eigenvalue weighted by Crippen LogP contribution is -2.28. The maximum Gasteiger partial charge on any atom is 0.338 e. The van der Waals surface area contributed by atoms with Crippen molar-refractivity contribution >= 4 is 13.5 Å². The van der Waals surface area contributed by atoms with Crippen molar-refractivity contribution in [2.24, 2.45) is 0 Å². The Morgan fingerprint density at radius 1 is 0.926 bits per heavy atom. The number of hydrogen-bond acceptors (Lipinski definition) is 4. The van der Waals surface area contributed by atoms with E-state index in [-0.39, 0.29) is 31.6 Å². The number of benzene rings is 2. The van der Waals surface area contributed by atoms with Gasteiger partial charge in [-0.15, -0.1) is 0 Å². The van der Waals surface area contributed by atoms with Gasteiger partial charge in [0, 0.05) is 6.42 Å². The highest BCUT2D eigenvalue weighted by molar-refractivity contribution is 7.54. The van der Waals surface area contributed by atoms with Crippen molar-refractivity contribution in [2.75, 3.05) is 13.2 Å². The second-order valence-corrected chi connectivity index (χ2v) is 8.43. The van der Waals surface area contributed by atoms with E-state index in [0.29, 0.717) is 0 Å². The van der Waals surface area contributed by atoms with Crippen molar-refractivity contribution in [2.45, 2.75) is 38.9 Å². The van der Waals surface area contributed by atoms with Crippen LogP contribution < -0.4 is 5.32 Å². The Bertz CT molecular complexity index is 741. The van der Waals surface area contributed by atoms with Crippen molar-refractivity contribution in [1.29, 1.82) is 0 Å². The van der Waals surface area contributed by atoms with E-state index in [4.69, 9.17) is 9.05 Å². The third-order valence-electron chi connectivity index (χ3n) is 4.24. The van der Waals surface area contributed by atoms with Gasteiger partial charge in [0.05, 0.1) is 24.9 Å².